The number of thioether (sulfide) groups is 1. The zero-order chi connectivity index (χ0) is 14.3. The van der Waals surface area contributed by atoms with Crippen LogP contribution in [0.4, 0.5) is 11.6 Å². The summed E-state index contributed by atoms with van der Waals surface area (Å²) in [4.78, 5) is 8.53. The molecule has 0 aliphatic rings. The van der Waals surface area contributed by atoms with Gasteiger partial charge in [0.1, 0.15) is 18.0 Å². The summed E-state index contributed by atoms with van der Waals surface area (Å²) in [7, 11) is 0. The van der Waals surface area contributed by atoms with Crippen molar-refractivity contribution in [3.8, 4) is 0 Å². The zero-order valence-corrected chi connectivity index (χ0v) is 13.0. The zero-order valence-electron chi connectivity index (χ0n) is 12.2. The molecule has 0 bridgehead atoms. The summed E-state index contributed by atoms with van der Waals surface area (Å²) >= 11 is 1.63. The molecule has 19 heavy (non-hydrogen) atoms. The second-order valence-electron chi connectivity index (χ2n) is 4.72. The molecular weight excluding hydrogens is 260 g/mol. The van der Waals surface area contributed by atoms with Gasteiger partial charge in [0.15, 0.2) is 0 Å². The topological polar surface area (TPSA) is 70.1 Å². The van der Waals surface area contributed by atoms with Crippen LogP contribution in [0.3, 0.4) is 0 Å². The summed E-state index contributed by atoms with van der Waals surface area (Å²) in [5.41, 5.74) is 0.317. The Morgan fingerprint density at radius 1 is 1.26 bits per heavy atom. The average Bonchev–Trinajstić information content (AvgIpc) is 2.37. The SMILES string of the molecule is CCNc1ncnc(NCC(C)(O)CSC)c1CC. The Kier molecular flexibility index (Phi) is 6.37. The Bertz CT molecular complexity index is 398. The third kappa shape index (κ3) is 4.87. The Balaban J connectivity index is 2.80. The number of aromatic nitrogens is 2. The van der Waals surface area contributed by atoms with Crippen molar-refractivity contribution >= 4 is 23.4 Å². The van der Waals surface area contributed by atoms with Crippen molar-refractivity contribution in [2.75, 3.05) is 35.7 Å². The van der Waals surface area contributed by atoms with Gasteiger partial charge in [0.25, 0.3) is 0 Å². The fraction of sp³-hybridized carbons (Fsp3) is 0.692. The van der Waals surface area contributed by atoms with E-state index in [9.17, 15) is 5.11 Å². The molecule has 0 aliphatic carbocycles. The van der Waals surface area contributed by atoms with Crippen LogP contribution in [0.15, 0.2) is 6.33 Å². The molecule has 1 aromatic rings. The summed E-state index contributed by atoms with van der Waals surface area (Å²) in [6, 6.07) is 0. The smallest absolute Gasteiger partial charge is 0.134 e. The number of hydrogen-bond donors (Lipinski definition) is 3. The van der Waals surface area contributed by atoms with Gasteiger partial charge in [0.05, 0.1) is 5.60 Å². The molecule has 0 aromatic carbocycles. The van der Waals surface area contributed by atoms with E-state index in [0.29, 0.717) is 12.3 Å². The van der Waals surface area contributed by atoms with Crippen LogP contribution < -0.4 is 10.6 Å². The highest BCUT2D eigenvalue weighted by atomic mass is 32.2. The number of nitrogens with one attached hydrogen (secondary N) is 2. The van der Waals surface area contributed by atoms with E-state index in [1.165, 1.54) is 0 Å². The maximum absolute atomic E-state index is 10.2. The Hall–Kier alpha value is -1.01. The lowest BCUT2D eigenvalue weighted by molar-refractivity contribution is 0.0996. The molecule has 1 heterocycles. The predicted molar refractivity (Wildman–Crippen MR) is 83.1 cm³/mol. The van der Waals surface area contributed by atoms with Gasteiger partial charge in [-0.1, -0.05) is 6.92 Å². The van der Waals surface area contributed by atoms with E-state index in [1.807, 2.05) is 20.1 Å². The first-order valence-corrected chi connectivity index (χ1v) is 7.96. The maximum Gasteiger partial charge on any atom is 0.134 e. The van der Waals surface area contributed by atoms with Crippen LogP contribution in [0.2, 0.25) is 0 Å². The molecule has 0 spiro atoms. The van der Waals surface area contributed by atoms with Gasteiger partial charge >= 0.3 is 0 Å². The van der Waals surface area contributed by atoms with Gasteiger partial charge in [0, 0.05) is 24.4 Å². The molecule has 108 valence electrons. The monoisotopic (exact) mass is 284 g/mol. The number of hydrogen-bond acceptors (Lipinski definition) is 6. The van der Waals surface area contributed by atoms with E-state index in [0.717, 1.165) is 30.2 Å². The first-order chi connectivity index (χ1) is 9.04. The van der Waals surface area contributed by atoms with E-state index in [2.05, 4.69) is 27.5 Å². The molecule has 1 unspecified atom stereocenters. The quantitative estimate of drug-likeness (QED) is 0.678. The van der Waals surface area contributed by atoms with Crippen LogP contribution in [0, 0.1) is 0 Å². The third-order valence-corrected chi connectivity index (χ3v) is 3.65. The minimum atomic E-state index is -0.742. The largest absolute Gasteiger partial charge is 0.387 e. The molecule has 1 aromatic heterocycles. The number of aliphatic hydroxyl groups is 1. The Labute approximate surface area is 119 Å². The first kappa shape index (κ1) is 16.0. The van der Waals surface area contributed by atoms with Crippen LogP contribution in [0.5, 0.6) is 0 Å². The molecule has 0 saturated carbocycles. The van der Waals surface area contributed by atoms with Crippen LogP contribution in [0.25, 0.3) is 0 Å². The van der Waals surface area contributed by atoms with Crippen molar-refractivity contribution in [2.45, 2.75) is 32.8 Å². The molecular formula is C13H24N4OS. The highest BCUT2D eigenvalue weighted by molar-refractivity contribution is 7.98. The van der Waals surface area contributed by atoms with E-state index >= 15 is 0 Å². The fourth-order valence-corrected chi connectivity index (χ4v) is 2.58. The van der Waals surface area contributed by atoms with Crippen LogP contribution in [0.1, 0.15) is 26.3 Å². The minimum Gasteiger partial charge on any atom is -0.387 e. The van der Waals surface area contributed by atoms with Crippen molar-refractivity contribution in [3.63, 3.8) is 0 Å². The van der Waals surface area contributed by atoms with Crippen LogP contribution in [-0.2, 0) is 6.42 Å². The Morgan fingerprint density at radius 3 is 2.42 bits per heavy atom. The van der Waals surface area contributed by atoms with Gasteiger partial charge in [-0.15, -0.1) is 0 Å². The van der Waals surface area contributed by atoms with E-state index in [4.69, 9.17) is 0 Å². The summed E-state index contributed by atoms with van der Waals surface area (Å²) in [5, 5.41) is 16.6. The maximum atomic E-state index is 10.2. The molecule has 0 radical (unpaired) electrons. The first-order valence-electron chi connectivity index (χ1n) is 6.57. The molecule has 0 fully saturated rings. The fourth-order valence-electron chi connectivity index (χ4n) is 1.86. The molecule has 0 amide bonds. The molecule has 0 aliphatic heterocycles. The lowest BCUT2D eigenvalue weighted by Crippen LogP contribution is -2.36. The van der Waals surface area contributed by atoms with Crippen molar-refractivity contribution in [1.29, 1.82) is 0 Å². The normalized spacial score (nSPS) is 13.9. The van der Waals surface area contributed by atoms with Gasteiger partial charge in [-0.05, 0) is 26.5 Å². The van der Waals surface area contributed by atoms with Gasteiger partial charge in [-0.3, -0.25) is 0 Å². The van der Waals surface area contributed by atoms with Crippen molar-refractivity contribution in [2.24, 2.45) is 0 Å². The Morgan fingerprint density at radius 2 is 1.89 bits per heavy atom. The van der Waals surface area contributed by atoms with Crippen LogP contribution in [-0.4, -0.2) is 45.8 Å². The molecule has 5 nitrogen and oxygen atoms in total. The van der Waals surface area contributed by atoms with Crippen molar-refractivity contribution in [1.82, 2.24) is 9.97 Å². The molecule has 3 N–H and O–H groups in total. The summed E-state index contributed by atoms with van der Waals surface area (Å²) in [6.45, 7) is 7.24. The summed E-state index contributed by atoms with van der Waals surface area (Å²) in [6.07, 6.45) is 4.37. The summed E-state index contributed by atoms with van der Waals surface area (Å²) < 4.78 is 0. The van der Waals surface area contributed by atoms with E-state index < -0.39 is 5.60 Å². The minimum absolute atomic E-state index is 0.476. The number of rotatable bonds is 8. The van der Waals surface area contributed by atoms with Gasteiger partial charge < -0.3 is 15.7 Å². The molecule has 1 rings (SSSR count). The third-order valence-electron chi connectivity index (χ3n) is 2.74. The summed E-state index contributed by atoms with van der Waals surface area (Å²) in [5.74, 6) is 2.36. The second kappa shape index (κ2) is 7.55. The molecule has 1 atom stereocenters. The standard InChI is InChI=1S/C13H24N4OS/c1-5-10-11(14-6-2)16-9-17-12(10)15-7-13(3,18)8-19-4/h9,18H,5-8H2,1-4H3,(H2,14,15,16,17). The number of nitrogens with zero attached hydrogens (tertiary/aromatic N) is 2. The molecule has 0 saturated heterocycles. The van der Waals surface area contributed by atoms with Crippen molar-refractivity contribution < 1.29 is 5.11 Å². The lowest BCUT2D eigenvalue weighted by Gasteiger charge is -2.23. The lowest BCUT2D eigenvalue weighted by atomic mass is 10.1. The predicted octanol–water partition coefficient (Wildman–Crippen LogP) is 2.00. The van der Waals surface area contributed by atoms with Crippen LogP contribution >= 0.6 is 11.8 Å². The van der Waals surface area contributed by atoms with Gasteiger partial charge in [0.2, 0.25) is 0 Å². The highest BCUT2D eigenvalue weighted by Crippen LogP contribution is 2.21. The van der Waals surface area contributed by atoms with Crippen molar-refractivity contribution in [3.05, 3.63) is 11.9 Å². The molecule has 6 heteroatoms. The second-order valence-corrected chi connectivity index (χ2v) is 5.58. The van der Waals surface area contributed by atoms with E-state index in [-0.39, 0.29) is 0 Å². The van der Waals surface area contributed by atoms with Gasteiger partial charge in [-0.2, -0.15) is 11.8 Å². The van der Waals surface area contributed by atoms with E-state index in [1.54, 1.807) is 18.1 Å². The average molecular weight is 284 g/mol. The number of anilines is 2. The van der Waals surface area contributed by atoms with Gasteiger partial charge in [-0.25, -0.2) is 9.97 Å². The highest BCUT2D eigenvalue weighted by Gasteiger charge is 2.20.